The number of thiazole rings is 1. The molecule has 1 saturated heterocycles. The molecule has 0 unspecified atom stereocenters. The molecule has 1 fully saturated rings. The quantitative estimate of drug-likeness (QED) is 0.744. The van der Waals surface area contributed by atoms with Gasteiger partial charge in [0.2, 0.25) is 5.91 Å². The van der Waals surface area contributed by atoms with E-state index in [0.717, 1.165) is 31.2 Å². The van der Waals surface area contributed by atoms with Gasteiger partial charge in [0.15, 0.2) is 5.13 Å². The molecule has 28 heavy (non-hydrogen) atoms. The van der Waals surface area contributed by atoms with Crippen molar-refractivity contribution in [2.45, 2.75) is 26.3 Å². The van der Waals surface area contributed by atoms with Crippen molar-refractivity contribution in [2.75, 3.05) is 32.1 Å². The number of methoxy groups -OCH3 is 1. The predicted octanol–water partition coefficient (Wildman–Crippen LogP) is 2.75. The molecular weight excluding hydrogens is 376 g/mol. The summed E-state index contributed by atoms with van der Waals surface area (Å²) in [6, 6.07) is 6.89. The Hall–Kier alpha value is -2.45. The highest BCUT2D eigenvalue weighted by molar-refractivity contribution is 7.13. The minimum absolute atomic E-state index is 0.129. The zero-order chi connectivity index (χ0) is 19.9. The molecule has 3 rings (SSSR count). The monoisotopic (exact) mass is 402 g/mol. The highest BCUT2D eigenvalue weighted by Gasteiger charge is 2.17. The maximum atomic E-state index is 12.2. The van der Waals surface area contributed by atoms with Gasteiger partial charge in [0.05, 0.1) is 24.9 Å². The summed E-state index contributed by atoms with van der Waals surface area (Å²) in [4.78, 5) is 31.3. The number of carbonyl (C=O) groups excluding carboxylic acids is 2. The molecule has 0 atom stereocenters. The maximum Gasteiger partial charge on any atom is 0.255 e. The number of piperidine rings is 1. The minimum Gasteiger partial charge on any atom is -0.496 e. The molecule has 0 bridgehead atoms. The van der Waals surface area contributed by atoms with Crippen LogP contribution in [0.5, 0.6) is 5.75 Å². The number of likely N-dealkylation sites (tertiary alicyclic amines) is 1. The number of benzene rings is 1. The van der Waals surface area contributed by atoms with E-state index in [1.807, 2.05) is 5.38 Å². The van der Waals surface area contributed by atoms with Crippen LogP contribution < -0.4 is 15.4 Å². The van der Waals surface area contributed by atoms with Crippen LogP contribution >= 0.6 is 11.3 Å². The molecule has 0 aliphatic carbocycles. The number of rotatable bonds is 7. The lowest BCUT2D eigenvalue weighted by molar-refractivity contribution is -0.115. The third kappa shape index (κ3) is 5.53. The van der Waals surface area contributed by atoms with E-state index < -0.39 is 0 Å². The van der Waals surface area contributed by atoms with Gasteiger partial charge in [-0.25, -0.2) is 4.98 Å². The largest absolute Gasteiger partial charge is 0.496 e. The Balaban J connectivity index is 1.46. The van der Waals surface area contributed by atoms with Gasteiger partial charge in [0.25, 0.3) is 5.91 Å². The second kappa shape index (κ2) is 9.66. The van der Waals surface area contributed by atoms with Crippen molar-refractivity contribution in [3.63, 3.8) is 0 Å². The molecule has 7 nitrogen and oxygen atoms in total. The summed E-state index contributed by atoms with van der Waals surface area (Å²) < 4.78 is 5.17. The van der Waals surface area contributed by atoms with Gasteiger partial charge in [0.1, 0.15) is 5.75 Å². The summed E-state index contributed by atoms with van der Waals surface area (Å²) in [5.41, 5.74) is 1.36. The van der Waals surface area contributed by atoms with Crippen molar-refractivity contribution in [3.8, 4) is 5.75 Å². The third-order valence-corrected chi connectivity index (χ3v) is 5.63. The molecule has 1 aliphatic heterocycles. The Bertz CT molecular complexity index is 815. The average Bonchev–Trinajstić information content (AvgIpc) is 3.14. The smallest absolute Gasteiger partial charge is 0.255 e. The second-order valence-electron chi connectivity index (χ2n) is 7.03. The number of anilines is 1. The highest BCUT2D eigenvalue weighted by Crippen LogP contribution is 2.21. The minimum atomic E-state index is -0.355. The van der Waals surface area contributed by atoms with Crippen molar-refractivity contribution in [2.24, 2.45) is 5.92 Å². The van der Waals surface area contributed by atoms with E-state index in [9.17, 15) is 9.59 Å². The number of nitrogens with one attached hydrogen (secondary N) is 2. The lowest BCUT2D eigenvalue weighted by atomic mass is 9.99. The number of amides is 2. The number of carbonyl (C=O) groups is 2. The van der Waals surface area contributed by atoms with Gasteiger partial charge in [-0.2, -0.15) is 0 Å². The van der Waals surface area contributed by atoms with Gasteiger partial charge >= 0.3 is 0 Å². The Labute approximate surface area is 169 Å². The zero-order valence-electron chi connectivity index (χ0n) is 16.2. The van der Waals surface area contributed by atoms with Crippen LogP contribution in [0.2, 0.25) is 0 Å². The molecule has 1 aromatic carbocycles. The van der Waals surface area contributed by atoms with E-state index in [1.165, 1.54) is 31.3 Å². The first-order valence-electron chi connectivity index (χ1n) is 9.43. The first-order chi connectivity index (χ1) is 13.5. The van der Waals surface area contributed by atoms with Crippen LogP contribution in [0.15, 0.2) is 29.6 Å². The Morgan fingerprint density at radius 2 is 2.04 bits per heavy atom. The van der Waals surface area contributed by atoms with Crippen LogP contribution in [0.25, 0.3) is 0 Å². The molecule has 0 spiro atoms. The Morgan fingerprint density at radius 1 is 1.29 bits per heavy atom. The summed E-state index contributed by atoms with van der Waals surface area (Å²) in [5.74, 6) is 0.604. The maximum absolute atomic E-state index is 12.2. The van der Waals surface area contributed by atoms with Crippen LogP contribution in [0.4, 0.5) is 5.13 Å². The summed E-state index contributed by atoms with van der Waals surface area (Å²) >= 11 is 1.40. The number of hydrogen-bond donors (Lipinski definition) is 2. The number of para-hydroxylation sites is 1. The van der Waals surface area contributed by atoms with Crippen molar-refractivity contribution in [1.82, 2.24) is 15.2 Å². The highest BCUT2D eigenvalue weighted by atomic mass is 32.1. The summed E-state index contributed by atoms with van der Waals surface area (Å²) in [5, 5.41) is 7.88. The second-order valence-corrected chi connectivity index (χ2v) is 7.89. The zero-order valence-corrected chi connectivity index (χ0v) is 17.1. The molecule has 150 valence electrons. The first kappa shape index (κ1) is 20.3. The van der Waals surface area contributed by atoms with Gasteiger partial charge in [-0.3, -0.25) is 14.5 Å². The normalized spacial score (nSPS) is 15.2. The van der Waals surface area contributed by atoms with Crippen molar-refractivity contribution >= 4 is 28.3 Å². The molecule has 1 aromatic heterocycles. The van der Waals surface area contributed by atoms with Gasteiger partial charge in [-0.1, -0.05) is 19.1 Å². The molecule has 1 aliphatic rings. The fraction of sp³-hybridized carbons (Fsp3) is 0.450. The average molecular weight is 403 g/mol. The van der Waals surface area contributed by atoms with Gasteiger partial charge in [0, 0.05) is 11.9 Å². The molecule has 2 aromatic rings. The summed E-state index contributed by atoms with van der Waals surface area (Å²) in [7, 11) is 1.50. The number of ether oxygens (including phenoxy) is 1. The summed E-state index contributed by atoms with van der Waals surface area (Å²) in [6.07, 6.45) is 2.44. The summed E-state index contributed by atoms with van der Waals surface area (Å²) in [6.45, 7) is 5.16. The van der Waals surface area contributed by atoms with E-state index in [-0.39, 0.29) is 18.4 Å². The van der Waals surface area contributed by atoms with E-state index in [2.05, 4.69) is 27.4 Å². The molecule has 2 N–H and O–H groups in total. The van der Waals surface area contributed by atoms with E-state index in [1.54, 1.807) is 24.3 Å². The predicted molar refractivity (Wildman–Crippen MR) is 110 cm³/mol. The Morgan fingerprint density at radius 3 is 2.79 bits per heavy atom. The van der Waals surface area contributed by atoms with Crippen molar-refractivity contribution in [3.05, 3.63) is 40.9 Å². The molecule has 8 heteroatoms. The topological polar surface area (TPSA) is 83.6 Å². The Kier molecular flexibility index (Phi) is 7.00. The fourth-order valence-electron chi connectivity index (χ4n) is 3.14. The van der Waals surface area contributed by atoms with Crippen LogP contribution in [0.1, 0.15) is 35.8 Å². The van der Waals surface area contributed by atoms with Crippen LogP contribution in [-0.4, -0.2) is 48.4 Å². The van der Waals surface area contributed by atoms with Gasteiger partial charge in [-0.05, 0) is 44.0 Å². The molecular formula is C20H26N4O3S. The molecule has 0 radical (unpaired) electrons. The molecule has 2 heterocycles. The van der Waals surface area contributed by atoms with Gasteiger partial charge < -0.3 is 15.4 Å². The van der Waals surface area contributed by atoms with E-state index in [4.69, 9.17) is 4.74 Å². The lowest BCUT2D eigenvalue weighted by Gasteiger charge is -2.29. The van der Waals surface area contributed by atoms with Crippen LogP contribution in [0.3, 0.4) is 0 Å². The third-order valence-electron chi connectivity index (χ3n) is 4.82. The molecule has 0 saturated carbocycles. The van der Waals surface area contributed by atoms with Crippen molar-refractivity contribution < 1.29 is 14.3 Å². The number of aromatic nitrogens is 1. The SMILES string of the molecule is COc1ccccc1C(=O)NCC(=O)Nc1nc(CN2CCC(C)CC2)cs1. The first-order valence-corrected chi connectivity index (χ1v) is 10.3. The van der Waals surface area contributed by atoms with Crippen molar-refractivity contribution in [1.29, 1.82) is 0 Å². The fourth-order valence-corrected chi connectivity index (χ4v) is 3.86. The van der Waals surface area contributed by atoms with Gasteiger partial charge in [-0.15, -0.1) is 11.3 Å². The van der Waals surface area contributed by atoms with E-state index in [0.29, 0.717) is 16.4 Å². The van der Waals surface area contributed by atoms with E-state index >= 15 is 0 Å². The number of hydrogen-bond acceptors (Lipinski definition) is 6. The van der Waals surface area contributed by atoms with Crippen LogP contribution in [0, 0.1) is 5.92 Å². The number of nitrogens with zero attached hydrogens (tertiary/aromatic N) is 2. The van der Waals surface area contributed by atoms with Crippen LogP contribution in [-0.2, 0) is 11.3 Å². The lowest BCUT2D eigenvalue weighted by Crippen LogP contribution is -2.33. The molecule has 2 amide bonds. The standard InChI is InChI=1S/C20H26N4O3S/c1-14-7-9-24(10-8-14)12-15-13-28-20(22-15)23-18(25)11-21-19(26)16-5-3-4-6-17(16)27-2/h3-6,13-14H,7-12H2,1-2H3,(H,21,26)(H,22,23,25).